The molecule has 1 N–H and O–H groups in total. The van der Waals surface area contributed by atoms with Crippen LogP contribution in [-0.4, -0.2) is 46.6 Å². The third kappa shape index (κ3) is 3.36. The van der Waals surface area contributed by atoms with E-state index in [1.165, 1.54) is 0 Å². The second-order valence-corrected chi connectivity index (χ2v) is 9.03. The lowest BCUT2D eigenvalue weighted by Crippen LogP contribution is -2.43. The maximum absolute atomic E-state index is 12.1. The minimum Gasteiger partial charge on any atom is -0.361 e. The van der Waals surface area contributed by atoms with Crippen molar-refractivity contribution in [1.29, 1.82) is 0 Å². The zero-order valence-electron chi connectivity index (χ0n) is 14.5. The molecule has 0 spiro atoms. The van der Waals surface area contributed by atoms with Gasteiger partial charge in [0, 0.05) is 37.9 Å². The van der Waals surface area contributed by atoms with Crippen molar-refractivity contribution in [3.05, 3.63) is 35.0 Å². The van der Waals surface area contributed by atoms with Crippen molar-refractivity contribution in [2.75, 3.05) is 13.1 Å². The van der Waals surface area contributed by atoms with Crippen LogP contribution in [0.1, 0.15) is 41.6 Å². The zero-order chi connectivity index (χ0) is 17.6. The second-order valence-electron chi connectivity index (χ2n) is 6.99. The smallest absolute Gasteiger partial charge is 0.214 e. The Morgan fingerprint density at radius 2 is 2.16 bits per heavy atom. The van der Waals surface area contributed by atoms with Crippen LogP contribution in [0.4, 0.5) is 0 Å². The summed E-state index contributed by atoms with van der Waals surface area (Å²) in [6.07, 6.45) is 3.31. The lowest BCUT2D eigenvalue weighted by atomic mass is 10.1. The normalized spacial score (nSPS) is 21.4. The van der Waals surface area contributed by atoms with Gasteiger partial charge in [0.05, 0.1) is 22.7 Å². The fourth-order valence-corrected chi connectivity index (χ4v) is 4.81. The molecule has 8 nitrogen and oxygen atoms in total. The average Bonchev–Trinajstić information content (AvgIpc) is 3.27. The first-order chi connectivity index (χ1) is 11.9. The van der Waals surface area contributed by atoms with Gasteiger partial charge in [0.15, 0.2) is 0 Å². The number of hydrogen-bond donors (Lipinski definition) is 1. The number of aryl methyl sites for hydroxylation is 2. The van der Waals surface area contributed by atoms with E-state index in [0.717, 1.165) is 55.2 Å². The number of nitrogens with one attached hydrogen (secondary N) is 1. The number of fused-ring (bicyclic) bond motifs is 1. The molecule has 0 unspecified atom stereocenters. The summed E-state index contributed by atoms with van der Waals surface area (Å²) in [5, 5.41) is 8.21. The number of sulfonamides is 1. The molecule has 2 aromatic rings. The van der Waals surface area contributed by atoms with Gasteiger partial charge in [-0.1, -0.05) is 5.16 Å². The van der Waals surface area contributed by atoms with Crippen LogP contribution in [0, 0.1) is 13.8 Å². The topological polar surface area (TPSA) is 93.3 Å². The molecule has 1 atom stereocenters. The fraction of sp³-hybridized carbons (Fsp3) is 0.625. The van der Waals surface area contributed by atoms with E-state index in [1.54, 1.807) is 6.20 Å². The van der Waals surface area contributed by atoms with Gasteiger partial charge in [0.1, 0.15) is 5.76 Å². The van der Waals surface area contributed by atoms with E-state index in [-0.39, 0.29) is 11.3 Å². The van der Waals surface area contributed by atoms with Crippen LogP contribution in [0.25, 0.3) is 0 Å². The number of hydrogen-bond acceptors (Lipinski definition) is 6. The lowest BCUT2D eigenvalue weighted by Gasteiger charge is -2.34. The van der Waals surface area contributed by atoms with E-state index < -0.39 is 10.0 Å². The summed E-state index contributed by atoms with van der Waals surface area (Å²) in [6, 6.07) is 1.97. The highest BCUT2D eigenvalue weighted by atomic mass is 32.2. The summed E-state index contributed by atoms with van der Waals surface area (Å²) in [4.78, 5) is 2.29. The molecule has 1 aliphatic carbocycles. The van der Waals surface area contributed by atoms with Crippen LogP contribution < -0.4 is 4.72 Å². The largest absolute Gasteiger partial charge is 0.361 e. The molecule has 1 fully saturated rings. The molecule has 1 saturated carbocycles. The Labute approximate surface area is 147 Å². The lowest BCUT2D eigenvalue weighted by molar-refractivity contribution is 0.167. The van der Waals surface area contributed by atoms with E-state index in [4.69, 9.17) is 4.52 Å². The van der Waals surface area contributed by atoms with E-state index in [9.17, 15) is 8.42 Å². The molecule has 2 aliphatic rings. The molecule has 25 heavy (non-hydrogen) atoms. The Morgan fingerprint density at radius 3 is 2.84 bits per heavy atom. The minimum atomic E-state index is -3.19. The average molecular weight is 365 g/mol. The molecular formula is C16H23N5O3S. The molecule has 4 rings (SSSR count). The molecular weight excluding hydrogens is 342 g/mol. The highest BCUT2D eigenvalue weighted by molar-refractivity contribution is 7.90. The Morgan fingerprint density at radius 1 is 1.36 bits per heavy atom. The van der Waals surface area contributed by atoms with Gasteiger partial charge < -0.3 is 4.52 Å². The summed E-state index contributed by atoms with van der Waals surface area (Å²) in [5.41, 5.74) is 3.10. The van der Waals surface area contributed by atoms with Gasteiger partial charge in [0.25, 0.3) is 0 Å². The van der Waals surface area contributed by atoms with Crippen molar-refractivity contribution in [2.45, 2.75) is 51.1 Å². The molecule has 0 saturated heterocycles. The Kier molecular flexibility index (Phi) is 4.17. The van der Waals surface area contributed by atoms with Crippen molar-refractivity contribution in [1.82, 2.24) is 24.6 Å². The van der Waals surface area contributed by atoms with E-state index in [1.807, 2.05) is 24.6 Å². The molecule has 0 aromatic carbocycles. The fourth-order valence-electron chi connectivity index (χ4n) is 3.40. The molecule has 9 heteroatoms. The predicted octanol–water partition coefficient (Wildman–Crippen LogP) is 1.13. The highest BCUT2D eigenvalue weighted by Crippen LogP contribution is 2.28. The first kappa shape index (κ1) is 16.7. The van der Waals surface area contributed by atoms with Gasteiger partial charge in [-0.15, -0.1) is 0 Å². The Hall–Kier alpha value is -1.71. The second kappa shape index (κ2) is 6.22. The van der Waals surface area contributed by atoms with Gasteiger partial charge in [-0.05, 0) is 32.8 Å². The molecule has 0 radical (unpaired) electrons. The van der Waals surface area contributed by atoms with Crippen LogP contribution in [0.5, 0.6) is 0 Å². The molecule has 3 heterocycles. The first-order valence-corrected chi connectivity index (χ1v) is 10.1. The predicted molar refractivity (Wildman–Crippen MR) is 91.3 cm³/mol. The maximum atomic E-state index is 12.1. The Balaban J connectivity index is 1.49. The van der Waals surface area contributed by atoms with Crippen molar-refractivity contribution >= 4 is 10.0 Å². The highest BCUT2D eigenvalue weighted by Gasteiger charge is 2.36. The SMILES string of the molecule is Cc1noc(C)c1CN1Cc2ccnn2[C@@H](CNS(=O)(=O)C2CC2)C1. The van der Waals surface area contributed by atoms with Gasteiger partial charge in [0.2, 0.25) is 10.0 Å². The summed E-state index contributed by atoms with van der Waals surface area (Å²) >= 11 is 0. The molecule has 0 amide bonds. The van der Waals surface area contributed by atoms with E-state index in [0.29, 0.717) is 6.54 Å². The van der Waals surface area contributed by atoms with Gasteiger partial charge in [-0.3, -0.25) is 9.58 Å². The molecule has 1 aliphatic heterocycles. The van der Waals surface area contributed by atoms with Gasteiger partial charge >= 0.3 is 0 Å². The van der Waals surface area contributed by atoms with Gasteiger partial charge in [-0.25, -0.2) is 13.1 Å². The Bertz CT molecular complexity index is 849. The van der Waals surface area contributed by atoms with E-state index >= 15 is 0 Å². The summed E-state index contributed by atoms with van der Waals surface area (Å²) < 4.78 is 34.3. The molecule has 2 aromatic heterocycles. The molecule has 136 valence electrons. The third-order valence-corrected chi connectivity index (χ3v) is 6.92. The van der Waals surface area contributed by atoms with Crippen LogP contribution in [0.3, 0.4) is 0 Å². The quantitative estimate of drug-likeness (QED) is 0.825. The zero-order valence-corrected chi connectivity index (χ0v) is 15.3. The maximum Gasteiger partial charge on any atom is 0.214 e. The van der Waals surface area contributed by atoms with Crippen molar-refractivity contribution in [2.24, 2.45) is 0 Å². The number of aromatic nitrogens is 3. The third-order valence-electron chi connectivity index (χ3n) is 5.00. The van der Waals surface area contributed by atoms with E-state index in [2.05, 4.69) is 19.9 Å². The van der Waals surface area contributed by atoms with Crippen LogP contribution in [0.15, 0.2) is 16.8 Å². The monoisotopic (exact) mass is 365 g/mol. The van der Waals surface area contributed by atoms with Crippen molar-refractivity contribution < 1.29 is 12.9 Å². The van der Waals surface area contributed by atoms with Crippen LogP contribution in [-0.2, 0) is 23.1 Å². The first-order valence-electron chi connectivity index (χ1n) is 8.59. The van der Waals surface area contributed by atoms with Crippen molar-refractivity contribution in [3.63, 3.8) is 0 Å². The van der Waals surface area contributed by atoms with Crippen LogP contribution in [0.2, 0.25) is 0 Å². The minimum absolute atomic E-state index is 0.0206. The summed E-state index contributed by atoms with van der Waals surface area (Å²) in [6.45, 7) is 6.47. The number of rotatable bonds is 6. The standard InChI is InChI=1S/C16H23N5O3S/c1-11-16(12(2)24-19-11)10-20-8-13-5-6-17-21(13)14(9-20)7-18-25(22,23)15-3-4-15/h5-6,14-15,18H,3-4,7-10H2,1-2H3/t14-/m0/s1. The molecule has 0 bridgehead atoms. The number of nitrogens with zero attached hydrogens (tertiary/aromatic N) is 4. The summed E-state index contributed by atoms with van der Waals surface area (Å²) in [5.74, 6) is 0.836. The van der Waals surface area contributed by atoms with Crippen molar-refractivity contribution in [3.8, 4) is 0 Å². The van der Waals surface area contributed by atoms with Gasteiger partial charge in [-0.2, -0.15) is 5.10 Å². The van der Waals surface area contributed by atoms with Crippen LogP contribution >= 0.6 is 0 Å². The summed E-state index contributed by atoms with van der Waals surface area (Å²) in [7, 11) is -3.19.